The van der Waals surface area contributed by atoms with Gasteiger partial charge in [0.1, 0.15) is 0 Å². The smallest absolute Gasteiger partial charge is 0.317 e. The summed E-state index contributed by atoms with van der Waals surface area (Å²) in [6.07, 6.45) is 5.11. The number of hydrogen-bond acceptors (Lipinski definition) is 2. The number of aliphatic hydroxyl groups excluding tert-OH is 1. The lowest BCUT2D eigenvalue weighted by Gasteiger charge is -2.32. The summed E-state index contributed by atoms with van der Waals surface area (Å²) in [6, 6.07) is 10.7. The van der Waals surface area contributed by atoms with Crippen molar-refractivity contribution in [3.8, 4) is 0 Å². The first-order valence-electron chi connectivity index (χ1n) is 9.18. The summed E-state index contributed by atoms with van der Waals surface area (Å²) in [5.74, 6) is 0.682. The maximum atomic E-state index is 12.2. The summed E-state index contributed by atoms with van der Waals surface area (Å²) < 4.78 is 0. The molecule has 1 aliphatic rings. The van der Waals surface area contributed by atoms with Gasteiger partial charge in [0, 0.05) is 26.2 Å². The van der Waals surface area contributed by atoms with Crippen LogP contribution in [0.1, 0.15) is 45.1 Å². The van der Waals surface area contributed by atoms with Gasteiger partial charge < -0.3 is 15.3 Å². The number of aliphatic hydroxyl groups is 1. The predicted octanol–water partition coefficient (Wildman–Crippen LogP) is 3.45. The van der Waals surface area contributed by atoms with Crippen molar-refractivity contribution < 1.29 is 9.90 Å². The van der Waals surface area contributed by atoms with E-state index < -0.39 is 0 Å². The molecule has 0 atom stereocenters. The van der Waals surface area contributed by atoms with Crippen LogP contribution in [0.15, 0.2) is 30.3 Å². The summed E-state index contributed by atoms with van der Waals surface area (Å²) in [7, 11) is 0. The molecule has 1 fully saturated rings. The Morgan fingerprint density at radius 2 is 1.92 bits per heavy atom. The lowest BCUT2D eigenvalue weighted by Crippen LogP contribution is -2.45. The fraction of sp³-hybridized carbons (Fsp3) is 0.650. The number of carbonyl (C=O) groups excluding carboxylic acids is 1. The van der Waals surface area contributed by atoms with Crippen LogP contribution in [0.4, 0.5) is 4.79 Å². The van der Waals surface area contributed by atoms with E-state index in [0.29, 0.717) is 12.5 Å². The molecule has 1 aliphatic heterocycles. The quantitative estimate of drug-likeness (QED) is 0.752. The van der Waals surface area contributed by atoms with Gasteiger partial charge in [0.25, 0.3) is 0 Å². The van der Waals surface area contributed by atoms with Gasteiger partial charge in [0.05, 0.1) is 0 Å². The van der Waals surface area contributed by atoms with Crippen LogP contribution in [0.25, 0.3) is 0 Å². The lowest BCUT2D eigenvalue weighted by molar-refractivity contribution is 0.146. The highest BCUT2D eigenvalue weighted by molar-refractivity contribution is 5.74. The molecule has 2 rings (SSSR count). The maximum absolute atomic E-state index is 12.2. The van der Waals surface area contributed by atoms with Crippen molar-refractivity contribution in [2.24, 2.45) is 11.3 Å². The van der Waals surface area contributed by atoms with E-state index in [2.05, 4.69) is 35.6 Å². The molecule has 4 nitrogen and oxygen atoms in total. The Morgan fingerprint density at radius 3 is 2.54 bits per heavy atom. The minimum atomic E-state index is -0.0550. The van der Waals surface area contributed by atoms with Crippen molar-refractivity contribution in [3.63, 3.8) is 0 Å². The average Bonchev–Trinajstić information content (AvgIpc) is 2.60. The molecule has 2 amide bonds. The molecule has 0 radical (unpaired) electrons. The molecule has 0 spiro atoms. The standard InChI is InChI=1S/C20H32N2O2/c1-20(2,16-23)11-6-12-21-19(24)22-13-9-18(10-14-22)15-17-7-4-3-5-8-17/h3-5,7-8,18,23H,6,9-16H2,1-2H3,(H,21,24). The molecule has 2 N–H and O–H groups in total. The van der Waals surface area contributed by atoms with E-state index in [9.17, 15) is 9.90 Å². The zero-order valence-corrected chi connectivity index (χ0v) is 15.1. The van der Waals surface area contributed by atoms with E-state index in [4.69, 9.17) is 0 Å². The van der Waals surface area contributed by atoms with Gasteiger partial charge in [-0.1, -0.05) is 44.2 Å². The Balaban J connectivity index is 1.64. The molecule has 0 saturated carbocycles. The van der Waals surface area contributed by atoms with Gasteiger partial charge in [-0.3, -0.25) is 0 Å². The van der Waals surface area contributed by atoms with E-state index in [1.807, 2.05) is 18.7 Å². The number of urea groups is 1. The highest BCUT2D eigenvalue weighted by Crippen LogP contribution is 2.22. The van der Waals surface area contributed by atoms with Crippen molar-refractivity contribution >= 4 is 6.03 Å². The lowest BCUT2D eigenvalue weighted by atomic mass is 9.89. The fourth-order valence-electron chi connectivity index (χ4n) is 3.24. The first-order chi connectivity index (χ1) is 11.5. The molecule has 1 aromatic carbocycles. The summed E-state index contributed by atoms with van der Waals surface area (Å²) in [5.41, 5.74) is 1.34. The monoisotopic (exact) mass is 332 g/mol. The second-order valence-electron chi connectivity index (χ2n) is 7.78. The van der Waals surface area contributed by atoms with Crippen molar-refractivity contribution in [3.05, 3.63) is 35.9 Å². The second kappa shape index (κ2) is 9.07. The van der Waals surface area contributed by atoms with Crippen molar-refractivity contribution in [2.75, 3.05) is 26.2 Å². The molecule has 0 aromatic heterocycles. The van der Waals surface area contributed by atoms with E-state index >= 15 is 0 Å². The normalized spacial score (nSPS) is 16.2. The molecule has 134 valence electrons. The third kappa shape index (κ3) is 6.16. The van der Waals surface area contributed by atoms with E-state index in [0.717, 1.165) is 45.2 Å². The highest BCUT2D eigenvalue weighted by Gasteiger charge is 2.23. The van der Waals surface area contributed by atoms with Crippen molar-refractivity contribution in [2.45, 2.75) is 46.0 Å². The summed E-state index contributed by atoms with van der Waals surface area (Å²) in [6.45, 7) is 6.68. The second-order valence-corrected chi connectivity index (χ2v) is 7.78. The summed E-state index contributed by atoms with van der Waals surface area (Å²) in [4.78, 5) is 14.2. The van der Waals surface area contributed by atoms with E-state index in [1.165, 1.54) is 5.56 Å². The topological polar surface area (TPSA) is 52.6 Å². The van der Waals surface area contributed by atoms with Crippen LogP contribution in [-0.2, 0) is 6.42 Å². The Bertz CT molecular complexity index is 494. The molecular weight excluding hydrogens is 300 g/mol. The number of likely N-dealkylation sites (tertiary alicyclic amines) is 1. The van der Waals surface area contributed by atoms with Crippen LogP contribution >= 0.6 is 0 Å². The maximum Gasteiger partial charge on any atom is 0.317 e. The van der Waals surface area contributed by atoms with Crippen molar-refractivity contribution in [1.82, 2.24) is 10.2 Å². The van der Waals surface area contributed by atoms with Crippen LogP contribution in [0.2, 0.25) is 0 Å². The summed E-state index contributed by atoms with van der Waals surface area (Å²) >= 11 is 0. The zero-order valence-electron chi connectivity index (χ0n) is 15.1. The number of rotatable bonds is 7. The number of nitrogens with one attached hydrogen (secondary N) is 1. The van der Waals surface area contributed by atoms with Gasteiger partial charge in [0.2, 0.25) is 0 Å². The van der Waals surface area contributed by atoms with Gasteiger partial charge in [0.15, 0.2) is 0 Å². The molecule has 4 heteroatoms. The summed E-state index contributed by atoms with van der Waals surface area (Å²) in [5, 5.41) is 12.3. The third-order valence-electron chi connectivity index (χ3n) is 5.00. The average molecular weight is 332 g/mol. The molecule has 24 heavy (non-hydrogen) atoms. The Labute approximate surface area is 146 Å². The van der Waals surface area contributed by atoms with Crippen LogP contribution in [0.3, 0.4) is 0 Å². The number of amides is 2. The molecule has 1 heterocycles. The fourth-order valence-corrected chi connectivity index (χ4v) is 3.24. The van der Waals surface area contributed by atoms with Crippen LogP contribution in [-0.4, -0.2) is 42.3 Å². The number of benzene rings is 1. The Hall–Kier alpha value is -1.55. The zero-order chi connectivity index (χ0) is 17.4. The first-order valence-corrected chi connectivity index (χ1v) is 9.18. The predicted molar refractivity (Wildman–Crippen MR) is 97.9 cm³/mol. The highest BCUT2D eigenvalue weighted by atomic mass is 16.3. The molecule has 1 saturated heterocycles. The minimum Gasteiger partial charge on any atom is -0.396 e. The van der Waals surface area contributed by atoms with Gasteiger partial charge in [-0.15, -0.1) is 0 Å². The van der Waals surface area contributed by atoms with Crippen LogP contribution in [0.5, 0.6) is 0 Å². The third-order valence-corrected chi connectivity index (χ3v) is 5.00. The number of hydrogen-bond donors (Lipinski definition) is 2. The number of nitrogens with zero attached hydrogens (tertiary/aromatic N) is 1. The van der Waals surface area contributed by atoms with E-state index in [-0.39, 0.29) is 18.1 Å². The first kappa shape index (κ1) is 18.8. The van der Waals surface area contributed by atoms with E-state index in [1.54, 1.807) is 0 Å². The SMILES string of the molecule is CC(C)(CO)CCCNC(=O)N1CCC(Cc2ccccc2)CC1. The molecule has 0 aliphatic carbocycles. The van der Waals surface area contributed by atoms with Gasteiger partial charge in [-0.25, -0.2) is 4.79 Å². The van der Waals surface area contributed by atoms with Gasteiger partial charge in [-0.05, 0) is 49.0 Å². The number of piperidine rings is 1. The van der Waals surface area contributed by atoms with Crippen LogP contribution in [0, 0.1) is 11.3 Å². The van der Waals surface area contributed by atoms with Gasteiger partial charge in [-0.2, -0.15) is 0 Å². The minimum absolute atomic E-state index is 0.0550. The van der Waals surface area contributed by atoms with Crippen molar-refractivity contribution in [1.29, 1.82) is 0 Å². The molecule has 1 aromatic rings. The molecule has 0 bridgehead atoms. The number of carbonyl (C=O) groups is 1. The molecule has 0 unspecified atom stereocenters. The molecular formula is C20H32N2O2. The largest absolute Gasteiger partial charge is 0.396 e. The van der Waals surface area contributed by atoms with Crippen LogP contribution < -0.4 is 5.32 Å². The Morgan fingerprint density at radius 1 is 1.25 bits per heavy atom. The van der Waals surface area contributed by atoms with Gasteiger partial charge >= 0.3 is 6.03 Å². The Kier molecular flexibility index (Phi) is 7.10.